The Bertz CT molecular complexity index is 1060. The second-order valence-electron chi connectivity index (χ2n) is 6.58. The van der Waals surface area contributed by atoms with Crippen LogP contribution in [0.5, 0.6) is 0 Å². The van der Waals surface area contributed by atoms with Gasteiger partial charge in [-0.1, -0.05) is 37.3 Å². The molecule has 0 saturated carbocycles. The van der Waals surface area contributed by atoms with E-state index in [9.17, 15) is 13.2 Å². The largest absolute Gasteiger partial charge is 0.326 e. The Labute approximate surface area is 175 Å². The highest BCUT2D eigenvalue weighted by Crippen LogP contribution is 2.19. The Balaban J connectivity index is 1.63. The van der Waals surface area contributed by atoms with Gasteiger partial charge < -0.3 is 5.32 Å². The molecule has 3 aromatic rings. The summed E-state index contributed by atoms with van der Waals surface area (Å²) in [6.45, 7) is 2.31. The fourth-order valence-corrected chi connectivity index (χ4v) is 4.68. The summed E-state index contributed by atoms with van der Waals surface area (Å²) in [6, 6.07) is 15.6. The van der Waals surface area contributed by atoms with Crippen LogP contribution < -0.4 is 5.32 Å². The number of amides is 1. The van der Waals surface area contributed by atoms with E-state index in [2.05, 4.69) is 10.3 Å². The fourth-order valence-electron chi connectivity index (χ4n) is 2.78. The summed E-state index contributed by atoms with van der Waals surface area (Å²) in [4.78, 5) is 16.8. The van der Waals surface area contributed by atoms with E-state index in [0.29, 0.717) is 5.69 Å². The van der Waals surface area contributed by atoms with Crippen LogP contribution in [0.15, 0.2) is 64.9 Å². The number of hydrogen-bond donors (Lipinski definition) is 1. The van der Waals surface area contributed by atoms with Crippen molar-refractivity contribution >= 4 is 33.0 Å². The van der Waals surface area contributed by atoms with Crippen molar-refractivity contribution in [1.82, 2.24) is 9.29 Å². The molecule has 3 rings (SSSR count). The van der Waals surface area contributed by atoms with Crippen molar-refractivity contribution in [2.75, 3.05) is 12.4 Å². The highest BCUT2D eigenvalue weighted by Gasteiger charge is 2.21. The molecule has 0 aliphatic rings. The van der Waals surface area contributed by atoms with E-state index in [1.165, 1.54) is 16.4 Å². The molecule has 0 aliphatic carbocycles. The van der Waals surface area contributed by atoms with E-state index >= 15 is 0 Å². The normalized spacial score (nSPS) is 11.6. The summed E-state index contributed by atoms with van der Waals surface area (Å²) >= 11 is 1.54. The summed E-state index contributed by atoms with van der Waals surface area (Å²) in [7, 11) is -2.07. The SMILES string of the molecule is CCc1nc(CC(=O)Nc2ccc(S(=O)(=O)N(C)Cc3ccccc3)cc2)cs1. The number of carbonyl (C=O) groups excluding carboxylic acids is 1. The molecule has 0 unspecified atom stereocenters. The maximum absolute atomic E-state index is 12.8. The third-order valence-electron chi connectivity index (χ3n) is 4.34. The maximum Gasteiger partial charge on any atom is 0.243 e. The van der Waals surface area contributed by atoms with Crippen molar-refractivity contribution in [2.45, 2.75) is 31.2 Å². The van der Waals surface area contributed by atoms with Gasteiger partial charge in [0.25, 0.3) is 0 Å². The topological polar surface area (TPSA) is 79.4 Å². The molecule has 6 nitrogen and oxygen atoms in total. The van der Waals surface area contributed by atoms with E-state index in [0.717, 1.165) is 22.7 Å². The fraction of sp³-hybridized carbons (Fsp3) is 0.238. The molecule has 0 spiro atoms. The molecule has 1 amide bonds. The number of nitrogens with one attached hydrogen (secondary N) is 1. The maximum atomic E-state index is 12.8. The first-order valence-corrected chi connectivity index (χ1v) is 11.5. The zero-order valence-corrected chi connectivity index (χ0v) is 18.0. The number of benzene rings is 2. The Morgan fingerprint density at radius 2 is 1.79 bits per heavy atom. The van der Waals surface area contributed by atoms with E-state index in [4.69, 9.17) is 0 Å². The van der Waals surface area contributed by atoms with Crippen molar-refractivity contribution in [3.63, 3.8) is 0 Å². The summed E-state index contributed by atoms with van der Waals surface area (Å²) < 4.78 is 26.9. The number of anilines is 1. The van der Waals surface area contributed by atoms with E-state index < -0.39 is 10.0 Å². The van der Waals surface area contributed by atoms with Gasteiger partial charge in [0.2, 0.25) is 15.9 Å². The predicted molar refractivity (Wildman–Crippen MR) is 115 cm³/mol. The second-order valence-corrected chi connectivity index (χ2v) is 9.57. The van der Waals surface area contributed by atoms with Gasteiger partial charge in [0.15, 0.2) is 0 Å². The molecule has 1 N–H and O–H groups in total. The molecule has 1 aromatic heterocycles. The van der Waals surface area contributed by atoms with Crippen LogP contribution in [-0.2, 0) is 34.2 Å². The first-order valence-electron chi connectivity index (χ1n) is 9.22. The lowest BCUT2D eigenvalue weighted by molar-refractivity contribution is -0.115. The van der Waals surface area contributed by atoms with Crippen molar-refractivity contribution in [3.05, 3.63) is 76.2 Å². The number of hydrogen-bond acceptors (Lipinski definition) is 5. The van der Waals surface area contributed by atoms with Gasteiger partial charge in [-0.15, -0.1) is 11.3 Å². The predicted octanol–water partition coefficient (Wildman–Crippen LogP) is 3.71. The molecule has 0 saturated heterocycles. The molecule has 1 heterocycles. The van der Waals surface area contributed by atoms with Gasteiger partial charge >= 0.3 is 0 Å². The second kappa shape index (κ2) is 9.30. The average molecular weight is 430 g/mol. The van der Waals surface area contributed by atoms with E-state index in [-0.39, 0.29) is 23.8 Å². The van der Waals surface area contributed by atoms with E-state index in [1.807, 2.05) is 42.6 Å². The molecule has 2 aromatic carbocycles. The van der Waals surface area contributed by atoms with Gasteiger partial charge in [0.1, 0.15) is 0 Å². The highest BCUT2D eigenvalue weighted by molar-refractivity contribution is 7.89. The molecule has 152 valence electrons. The number of aromatic nitrogens is 1. The zero-order chi connectivity index (χ0) is 20.9. The summed E-state index contributed by atoms with van der Waals surface area (Å²) in [5.41, 5.74) is 2.20. The Hall–Kier alpha value is -2.55. The van der Waals surface area contributed by atoms with E-state index in [1.54, 1.807) is 30.5 Å². The molecule has 0 atom stereocenters. The van der Waals surface area contributed by atoms with Crippen LogP contribution in [0, 0.1) is 0 Å². The monoisotopic (exact) mass is 429 g/mol. The molecular formula is C21H23N3O3S2. The van der Waals surface area contributed by atoms with Crippen LogP contribution in [0.25, 0.3) is 0 Å². The minimum Gasteiger partial charge on any atom is -0.326 e. The number of thiazole rings is 1. The molecule has 29 heavy (non-hydrogen) atoms. The van der Waals surface area contributed by atoms with Crippen LogP contribution >= 0.6 is 11.3 Å². The lowest BCUT2D eigenvalue weighted by Crippen LogP contribution is -2.26. The standard InChI is InChI=1S/C21H23N3O3S2/c1-3-21-23-18(15-28-21)13-20(25)22-17-9-11-19(12-10-17)29(26,27)24(2)14-16-7-5-4-6-8-16/h4-12,15H,3,13-14H2,1-2H3,(H,22,25). The van der Waals surface area contributed by atoms with Crippen LogP contribution in [0.2, 0.25) is 0 Å². The van der Waals surface area contributed by atoms with Gasteiger partial charge in [-0.3, -0.25) is 4.79 Å². The molecule has 0 fully saturated rings. The smallest absolute Gasteiger partial charge is 0.243 e. The minimum atomic E-state index is -3.62. The lowest BCUT2D eigenvalue weighted by atomic mass is 10.2. The van der Waals surface area contributed by atoms with Crippen LogP contribution in [0.1, 0.15) is 23.2 Å². The van der Waals surface area contributed by atoms with Gasteiger partial charge in [0.05, 0.1) is 22.0 Å². The van der Waals surface area contributed by atoms with Gasteiger partial charge in [-0.25, -0.2) is 13.4 Å². The van der Waals surface area contributed by atoms with Gasteiger partial charge in [0, 0.05) is 24.7 Å². The van der Waals surface area contributed by atoms with Crippen molar-refractivity contribution in [1.29, 1.82) is 0 Å². The minimum absolute atomic E-state index is 0.181. The van der Waals surface area contributed by atoms with Crippen LogP contribution in [0.3, 0.4) is 0 Å². The average Bonchev–Trinajstić information content (AvgIpc) is 3.16. The molecule has 8 heteroatoms. The quantitative estimate of drug-likeness (QED) is 0.592. The highest BCUT2D eigenvalue weighted by atomic mass is 32.2. The zero-order valence-electron chi connectivity index (χ0n) is 16.3. The Morgan fingerprint density at radius 1 is 1.10 bits per heavy atom. The number of rotatable bonds is 8. The molecular weight excluding hydrogens is 406 g/mol. The van der Waals surface area contributed by atoms with Crippen molar-refractivity contribution < 1.29 is 13.2 Å². The summed E-state index contributed by atoms with van der Waals surface area (Å²) in [5, 5.41) is 5.67. The van der Waals surface area contributed by atoms with Crippen LogP contribution in [0.4, 0.5) is 5.69 Å². The third kappa shape index (κ3) is 5.50. The Morgan fingerprint density at radius 3 is 2.41 bits per heavy atom. The molecule has 0 aliphatic heterocycles. The number of aryl methyl sites for hydroxylation is 1. The van der Waals surface area contributed by atoms with Crippen LogP contribution in [-0.4, -0.2) is 30.7 Å². The summed E-state index contributed by atoms with van der Waals surface area (Å²) in [5.74, 6) is -0.185. The lowest BCUT2D eigenvalue weighted by Gasteiger charge is -2.17. The van der Waals surface area contributed by atoms with Crippen molar-refractivity contribution in [2.24, 2.45) is 0 Å². The van der Waals surface area contributed by atoms with Crippen molar-refractivity contribution in [3.8, 4) is 0 Å². The number of nitrogens with zero attached hydrogens (tertiary/aromatic N) is 2. The number of carbonyl (C=O) groups is 1. The Kier molecular flexibility index (Phi) is 6.79. The first-order chi connectivity index (χ1) is 13.9. The summed E-state index contributed by atoms with van der Waals surface area (Å²) in [6.07, 6.45) is 1.04. The molecule has 0 bridgehead atoms. The molecule has 0 radical (unpaired) electrons. The number of sulfonamides is 1. The first kappa shape index (κ1) is 21.2. The third-order valence-corrected chi connectivity index (χ3v) is 7.20. The van der Waals surface area contributed by atoms with Gasteiger partial charge in [-0.05, 0) is 36.2 Å². The van der Waals surface area contributed by atoms with Gasteiger partial charge in [-0.2, -0.15) is 4.31 Å².